The predicted octanol–water partition coefficient (Wildman–Crippen LogP) is -1.02. The molecule has 1 aromatic rings. The van der Waals surface area contributed by atoms with Crippen molar-refractivity contribution in [2.75, 3.05) is 12.0 Å². The van der Waals surface area contributed by atoms with Crippen LogP contribution >= 0.6 is 0 Å². The number of hydrogen-bond donors (Lipinski definition) is 5. The minimum Gasteiger partial charge on any atom is -0.394 e. The normalized spacial score (nSPS) is 15.1. The third-order valence-corrected chi connectivity index (χ3v) is 2.73. The Morgan fingerprint density at radius 1 is 1.22 bits per heavy atom. The van der Waals surface area contributed by atoms with Crippen LogP contribution in [0.3, 0.4) is 0 Å². The summed E-state index contributed by atoms with van der Waals surface area (Å²) < 4.78 is 0. The summed E-state index contributed by atoms with van der Waals surface area (Å²) in [6, 6.07) is 2.81. The van der Waals surface area contributed by atoms with E-state index in [2.05, 4.69) is 10.5 Å². The van der Waals surface area contributed by atoms with Gasteiger partial charge in [0.1, 0.15) is 24.0 Å². The first-order valence-electron chi connectivity index (χ1n) is 6.15. The summed E-state index contributed by atoms with van der Waals surface area (Å²) in [6.07, 6.45) is -4.21. The van der Waals surface area contributed by atoms with Gasteiger partial charge in [0.25, 0.3) is 5.69 Å². The molecular weight excluding hydrogens is 316 g/mol. The van der Waals surface area contributed by atoms with Gasteiger partial charge in [-0.2, -0.15) is 5.10 Å². The van der Waals surface area contributed by atoms with Crippen molar-refractivity contribution in [2.45, 2.75) is 18.3 Å². The van der Waals surface area contributed by atoms with E-state index in [1.165, 1.54) is 0 Å². The molecule has 0 radical (unpaired) electrons. The van der Waals surface area contributed by atoms with Crippen molar-refractivity contribution < 1.29 is 30.3 Å². The smallest absolute Gasteiger partial charge is 0.301 e. The van der Waals surface area contributed by atoms with Gasteiger partial charge in [-0.3, -0.25) is 25.7 Å². The second-order valence-corrected chi connectivity index (χ2v) is 4.34. The van der Waals surface area contributed by atoms with Gasteiger partial charge < -0.3 is 20.4 Å². The zero-order valence-electron chi connectivity index (χ0n) is 11.5. The van der Waals surface area contributed by atoms with Crippen LogP contribution in [0.25, 0.3) is 0 Å². The number of aliphatic hydroxyl groups excluding tert-OH is 4. The van der Waals surface area contributed by atoms with E-state index in [0.717, 1.165) is 24.4 Å². The van der Waals surface area contributed by atoms with E-state index in [1.54, 1.807) is 0 Å². The molecule has 0 aliphatic carbocycles. The highest BCUT2D eigenvalue weighted by Gasteiger charge is 2.23. The Bertz CT molecular complexity index is 608. The molecule has 3 atom stereocenters. The van der Waals surface area contributed by atoms with Crippen molar-refractivity contribution in [1.29, 1.82) is 0 Å². The quantitative estimate of drug-likeness (QED) is 0.225. The molecule has 0 saturated heterocycles. The van der Waals surface area contributed by atoms with E-state index >= 15 is 0 Å². The molecule has 12 nitrogen and oxygen atoms in total. The Hall–Kier alpha value is -2.67. The molecule has 0 bridgehead atoms. The van der Waals surface area contributed by atoms with Gasteiger partial charge in [0, 0.05) is 6.07 Å². The molecule has 0 aromatic heterocycles. The second-order valence-electron chi connectivity index (χ2n) is 4.34. The van der Waals surface area contributed by atoms with Gasteiger partial charge in [-0.25, -0.2) is 0 Å². The third kappa shape index (κ3) is 4.93. The molecule has 0 fully saturated rings. The maximum atomic E-state index is 10.9. The van der Waals surface area contributed by atoms with Crippen molar-refractivity contribution >= 4 is 23.3 Å². The molecule has 0 heterocycles. The second kappa shape index (κ2) is 8.09. The summed E-state index contributed by atoms with van der Waals surface area (Å²) in [6.45, 7) is -0.784. The van der Waals surface area contributed by atoms with E-state index in [4.69, 9.17) is 10.2 Å². The molecule has 0 spiro atoms. The molecule has 126 valence electrons. The molecule has 1 rings (SSSR count). The standard InChI is InChI=1S/C11H14N4O8/c16-5-10(18)11(19)9(17)4-12-13-7-2-1-6(14(20)21)3-8(7)15(22)23/h1-4,9-11,13,16-19H,5H2/t9-,10+,11-/m0/s1. The number of hydrogen-bond acceptors (Lipinski definition) is 10. The largest absolute Gasteiger partial charge is 0.394 e. The lowest BCUT2D eigenvalue weighted by atomic mass is 10.1. The third-order valence-electron chi connectivity index (χ3n) is 2.73. The van der Waals surface area contributed by atoms with Crippen LogP contribution in [0, 0.1) is 20.2 Å². The fraction of sp³-hybridized carbons (Fsp3) is 0.364. The van der Waals surface area contributed by atoms with Crippen LogP contribution in [0.2, 0.25) is 0 Å². The molecule has 0 saturated carbocycles. The van der Waals surface area contributed by atoms with Crippen LogP contribution in [-0.2, 0) is 0 Å². The highest BCUT2D eigenvalue weighted by atomic mass is 16.6. The topological polar surface area (TPSA) is 192 Å². The fourth-order valence-corrected chi connectivity index (χ4v) is 1.49. The van der Waals surface area contributed by atoms with Gasteiger partial charge in [0.05, 0.1) is 28.7 Å². The number of hydrazone groups is 1. The van der Waals surface area contributed by atoms with E-state index in [-0.39, 0.29) is 5.69 Å². The highest BCUT2D eigenvalue weighted by molar-refractivity contribution is 5.69. The number of benzene rings is 1. The van der Waals surface area contributed by atoms with Crippen molar-refractivity contribution in [3.05, 3.63) is 38.4 Å². The van der Waals surface area contributed by atoms with Gasteiger partial charge in [0.15, 0.2) is 0 Å². The SMILES string of the molecule is O=[N+]([O-])c1ccc(NN=C[C@H](O)[C@H](O)[C@H](O)CO)c([N+](=O)[O-])c1. The Morgan fingerprint density at radius 3 is 2.39 bits per heavy atom. The first-order chi connectivity index (χ1) is 10.8. The van der Waals surface area contributed by atoms with Crippen molar-refractivity contribution in [3.8, 4) is 0 Å². The maximum Gasteiger partial charge on any atom is 0.301 e. The number of nitro groups is 2. The summed E-state index contributed by atoms with van der Waals surface area (Å²) in [7, 11) is 0. The van der Waals surface area contributed by atoms with Crippen LogP contribution in [0.1, 0.15) is 0 Å². The lowest BCUT2D eigenvalue weighted by Crippen LogP contribution is -2.40. The average molecular weight is 330 g/mol. The predicted molar refractivity (Wildman–Crippen MR) is 77.0 cm³/mol. The van der Waals surface area contributed by atoms with Gasteiger partial charge in [0.2, 0.25) is 0 Å². The van der Waals surface area contributed by atoms with Gasteiger partial charge >= 0.3 is 5.69 Å². The zero-order chi connectivity index (χ0) is 17.6. The van der Waals surface area contributed by atoms with Crippen LogP contribution in [0.15, 0.2) is 23.3 Å². The number of rotatable bonds is 8. The number of nitro benzene ring substituents is 2. The number of aliphatic hydroxyl groups is 4. The Labute approximate surface area is 128 Å². The van der Waals surface area contributed by atoms with E-state index in [0.29, 0.717) is 0 Å². The fourth-order valence-electron chi connectivity index (χ4n) is 1.49. The minimum atomic E-state index is -1.71. The minimum absolute atomic E-state index is 0.179. The van der Waals surface area contributed by atoms with Gasteiger partial charge in [-0.1, -0.05) is 0 Å². The van der Waals surface area contributed by atoms with Gasteiger partial charge in [-0.05, 0) is 6.07 Å². The number of anilines is 1. The molecule has 0 aliphatic rings. The first-order valence-corrected chi connectivity index (χ1v) is 6.15. The molecule has 1 aromatic carbocycles. The Kier molecular flexibility index (Phi) is 6.47. The summed E-state index contributed by atoms with van der Waals surface area (Å²) in [5, 5.41) is 61.5. The molecular formula is C11H14N4O8. The van der Waals surface area contributed by atoms with E-state index < -0.39 is 46.1 Å². The lowest BCUT2D eigenvalue weighted by Gasteiger charge is -2.18. The van der Waals surface area contributed by atoms with Crippen LogP contribution in [0.5, 0.6) is 0 Å². The van der Waals surface area contributed by atoms with Crippen LogP contribution < -0.4 is 5.43 Å². The zero-order valence-corrected chi connectivity index (χ0v) is 11.5. The summed E-state index contributed by atoms with van der Waals surface area (Å²) in [5.74, 6) is 0. The first kappa shape index (κ1) is 18.4. The summed E-state index contributed by atoms with van der Waals surface area (Å²) in [4.78, 5) is 19.8. The molecule has 23 heavy (non-hydrogen) atoms. The number of nitrogens with one attached hydrogen (secondary N) is 1. The monoisotopic (exact) mass is 330 g/mol. The summed E-state index contributed by atoms with van der Waals surface area (Å²) >= 11 is 0. The highest BCUT2D eigenvalue weighted by Crippen LogP contribution is 2.28. The number of non-ortho nitro benzene ring substituents is 1. The molecule has 5 N–H and O–H groups in total. The van der Waals surface area contributed by atoms with E-state index in [9.17, 15) is 30.4 Å². The Morgan fingerprint density at radius 2 is 1.87 bits per heavy atom. The molecule has 0 amide bonds. The summed E-state index contributed by atoms with van der Waals surface area (Å²) in [5.41, 5.74) is 0.926. The maximum absolute atomic E-state index is 10.9. The van der Waals surface area contributed by atoms with Crippen LogP contribution in [-0.4, -0.2) is 61.4 Å². The van der Waals surface area contributed by atoms with E-state index in [1.807, 2.05) is 0 Å². The Balaban J connectivity index is 2.87. The van der Waals surface area contributed by atoms with Gasteiger partial charge in [-0.15, -0.1) is 0 Å². The lowest BCUT2D eigenvalue weighted by molar-refractivity contribution is -0.393. The van der Waals surface area contributed by atoms with Crippen LogP contribution in [0.4, 0.5) is 17.1 Å². The van der Waals surface area contributed by atoms with Crippen molar-refractivity contribution in [3.63, 3.8) is 0 Å². The van der Waals surface area contributed by atoms with Crippen molar-refractivity contribution in [2.24, 2.45) is 5.10 Å². The molecule has 0 unspecified atom stereocenters. The number of nitrogens with zero attached hydrogens (tertiary/aromatic N) is 3. The molecule has 12 heteroatoms. The van der Waals surface area contributed by atoms with Crippen molar-refractivity contribution in [1.82, 2.24) is 0 Å². The molecule has 0 aliphatic heterocycles. The average Bonchev–Trinajstić information content (AvgIpc) is 2.52.